The van der Waals surface area contributed by atoms with Gasteiger partial charge in [-0.15, -0.1) is 11.8 Å². The van der Waals surface area contributed by atoms with Gasteiger partial charge in [-0.05, 0) is 31.6 Å². The average Bonchev–Trinajstić information content (AvgIpc) is 3.11. The number of thioether (sulfide) groups is 1. The van der Waals surface area contributed by atoms with Gasteiger partial charge in [0, 0.05) is 17.2 Å². The smallest absolute Gasteiger partial charge is 0.134 e. The van der Waals surface area contributed by atoms with Gasteiger partial charge in [0.1, 0.15) is 16.0 Å². The molecule has 1 heterocycles. The van der Waals surface area contributed by atoms with Gasteiger partial charge in [0.05, 0.1) is 0 Å². The molecule has 0 radical (unpaired) electrons. The van der Waals surface area contributed by atoms with Crippen molar-refractivity contribution in [1.82, 2.24) is 9.97 Å². The predicted molar refractivity (Wildman–Crippen MR) is 76.3 cm³/mol. The van der Waals surface area contributed by atoms with Crippen molar-refractivity contribution < 1.29 is 0 Å². The third-order valence-corrected chi connectivity index (χ3v) is 5.21. The summed E-state index contributed by atoms with van der Waals surface area (Å²) < 4.78 is 0. The van der Waals surface area contributed by atoms with Crippen LogP contribution in [0.15, 0.2) is 11.1 Å². The van der Waals surface area contributed by atoms with Crippen molar-refractivity contribution in [3.05, 3.63) is 17.0 Å². The first kappa shape index (κ1) is 12.7. The van der Waals surface area contributed by atoms with Gasteiger partial charge in [-0.1, -0.05) is 31.4 Å². The molecule has 0 bridgehead atoms. The van der Waals surface area contributed by atoms with E-state index < -0.39 is 0 Å². The van der Waals surface area contributed by atoms with Gasteiger partial charge in [0.25, 0.3) is 0 Å². The molecule has 0 saturated heterocycles. The molecule has 1 aromatic heterocycles. The zero-order valence-electron chi connectivity index (χ0n) is 10.7. The van der Waals surface area contributed by atoms with Crippen LogP contribution in [0.2, 0.25) is 5.15 Å². The Morgan fingerprint density at radius 1 is 1.22 bits per heavy atom. The van der Waals surface area contributed by atoms with Crippen LogP contribution in [0.5, 0.6) is 0 Å². The highest BCUT2D eigenvalue weighted by Crippen LogP contribution is 2.40. The second-order valence-corrected chi connectivity index (χ2v) is 7.38. The highest BCUT2D eigenvalue weighted by Gasteiger charge is 2.28. The Morgan fingerprint density at radius 3 is 2.78 bits per heavy atom. The van der Waals surface area contributed by atoms with E-state index in [1.807, 2.05) is 17.8 Å². The van der Waals surface area contributed by atoms with Gasteiger partial charge in [0.15, 0.2) is 0 Å². The van der Waals surface area contributed by atoms with Gasteiger partial charge in [0.2, 0.25) is 0 Å². The van der Waals surface area contributed by atoms with Crippen LogP contribution in [0, 0.1) is 5.92 Å². The molecule has 2 aliphatic rings. The minimum atomic E-state index is 0.577. The lowest BCUT2D eigenvalue weighted by Crippen LogP contribution is -2.15. The van der Waals surface area contributed by atoms with E-state index >= 15 is 0 Å². The molecule has 2 nitrogen and oxygen atoms in total. The molecular weight excluding hydrogens is 264 g/mol. The van der Waals surface area contributed by atoms with E-state index in [4.69, 9.17) is 11.6 Å². The fourth-order valence-electron chi connectivity index (χ4n) is 2.65. The highest BCUT2D eigenvalue weighted by molar-refractivity contribution is 7.99. The summed E-state index contributed by atoms with van der Waals surface area (Å²) in [4.78, 5) is 9.03. The molecule has 98 valence electrons. The van der Waals surface area contributed by atoms with E-state index in [9.17, 15) is 0 Å². The van der Waals surface area contributed by atoms with Crippen LogP contribution >= 0.6 is 23.4 Å². The zero-order chi connectivity index (χ0) is 12.5. The Hall–Kier alpha value is -0.280. The van der Waals surface area contributed by atoms with E-state index in [2.05, 4.69) is 16.9 Å². The minimum absolute atomic E-state index is 0.577. The largest absolute Gasteiger partial charge is 0.226 e. The molecular formula is C14H19ClN2S. The lowest BCUT2D eigenvalue weighted by Gasteiger charge is -2.25. The van der Waals surface area contributed by atoms with E-state index in [-0.39, 0.29) is 0 Å². The quantitative estimate of drug-likeness (QED) is 0.753. The molecule has 0 amide bonds. The van der Waals surface area contributed by atoms with Gasteiger partial charge >= 0.3 is 0 Å². The van der Waals surface area contributed by atoms with Crippen molar-refractivity contribution >= 4 is 23.4 Å². The number of aromatic nitrogens is 2. The number of hydrogen-bond donors (Lipinski definition) is 0. The first-order valence-corrected chi connectivity index (χ1v) is 8.17. The minimum Gasteiger partial charge on any atom is -0.226 e. The van der Waals surface area contributed by atoms with E-state index in [1.165, 1.54) is 38.5 Å². The Labute approximate surface area is 118 Å². The molecule has 2 saturated carbocycles. The van der Waals surface area contributed by atoms with Crippen molar-refractivity contribution in [3.8, 4) is 0 Å². The van der Waals surface area contributed by atoms with Gasteiger partial charge < -0.3 is 0 Å². The van der Waals surface area contributed by atoms with Gasteiger partial charge in [-0.3, -0.25) is 0 Å². The molecule has 0 spiro atoms. The summed E-state index contributed by atoms with van der Waals surface area (Å²) in [5.74, 6) is 2.40. The Kier molecular flexibility index (Phi) is 3.81. The zero-order valence-corrected chi connectivity index (χ0v) is 12.3. The van der Waals surface area contributed by atoms with Gasteiger partial charge in [-0.25, -0.2) is 9.97 Å². The van der Waals surface area contributed by atoms with E-state index in [0.29, 0.717) is 16.3 Å². The summed E-state index contributed by atoms with van der Waals surface area (Å²) in [6, 6.07) is 1.93. The maximum atomic E-state index is 6.10. The van der Waals surface area contributed by atoms with Crippen LogP contribution < -0.4 is 0 Å². The van der Waals surface area contributed by atoms with Crippen LogP contribution in [-0.4, -0.2) is 15.2 Å². The molecule has 0 aromatic carbocycles. The molecule has 2 atom stereocenters. The molecule has 4 heteroatoms. The molecule has 2 fully saturated rings. The van der Waals surface area contributed by atoms with Crippen molar-refractivity contribution in [2.75, 3.05) is 0 Å². The predicted octanol–water partition coefficient (Wildman–Crippen LogP) is 4.68. The van der Waals surface area contributed by atoms with Crippen LogP contribution in [0.4, 0.5) is 0 Å². The number of rotatable bonds is 3. The van der Waals surface area contributed by atoms with Crippen molar-refractivity contribution in [2.24, 2.45) is 5.92 Å². The second-order valence-electron chi connectivity index (χ2n) is 5.67. The SMILES string of the molecule is CC1CCCC(Sc2cc(Cl)nc(C3CC3)n2)C1. The maximum Gasteiger partial charge on any atom is 0.134 e. The lowest BCUT2D eigenvalue weighted by atomic mass is 9.91. The normalized spacial score (nSPS) is 28.3. The molecule has 18 heavy (non-hydrogen) atoms. The number of hydrogen-bond acceptors (Lipinski definition) is 3. The Morgan fingerprint density at radius 2 is 2.06 bits per heavy atom. The monoisotopic (exact) mass is 282 g/mol. The van der Waals surface area contributed by atoms with Crippen molar-refractivity contribution in [1.29, 1.82) is 0 Å². The molecule has 3 rings (SSSR count). The summed E-state index contributed by atoms with van der Waals surface area (Å²) in [5, 5.41) is 2.40. The van der Waals surface area contributed by atoms with Crippen LogP contribution in [0.25, 0.3) is 0 Å². The van der Waals surface area contributed by atoms with Crippen LogP contribution in [0.3, 0.4) is 0 Å². The van der Waals surface area contributed by atoms with Crippen LogP contribution in [0.1, 0.15) is 57.2 Å². The van der Waals surface area contributed by atoms with E-state index in [0.717, 1.165) is 16.8 Å². The standard InChI is InChI=1S/C14H19ClN2S/c1-9-3-2-4-11(7-9)18-13-8-12(15)16-14(17-13)10-5-6-10/h8-11H,2-7H2,1H3. The number of nitrogens with zero attached hydrogens (tertiary/aromatic N) is 2. The molecule has 2 unspecified atom stereocenters. The summed E-state index contributed by atoms with van der Waals surface area (Å²) in [6.45, 7) is 2.36. The first-order chi connectivity index (χ1) is 8.70. The summed E-state index contributed by atoms with van der Waals surface area (Å²) in [6.07, 6.45) is 7.82. The third-order valence-electron chi connectivity index (χ3n) is 3.81. The highest BCUT2D eigenvalue weighted by atomic mass is 35.5. The Bertz CT molecular complexity index is 434. The summed E-state index contributed by atoms with van der Waals surface area (Å²) >= 11 is 8.01. The summed E-state index contributed by atoms with van der Waals surface area (Å²) in [5.41, 5.74) is 0. The topological polar surface area (TPSA) is 25.8 Å². The number of halogens is 1. The van der Waals surface area contributed by atoms with Crippen molar-refractivity contribution in [2.45, 2.75) is 61.6 Å². The Balaban J connectivity index is 1.71. The van der Waals surface area contributed by atoms with Crippen LogP contribution in [-0.2, 0) is 0 Å². The van der Waals surface area contributed by atoms with Crippen molar-refractivity contribution in [3.63, 3.8) is 0 Å². The lowest BCUT2D eigenvalue weighted by molar-refractivity contribution is 0.394. The second kappa shape index (κ2) is 5.38. The summed E-state index contributed by atoms with van der Waals surface area (Å²) in [7, 11) is 0. The third kappa shape index (κ3) is 3.18. The maximum absolute atomic E-state index is 6.10. The average molecular weight is 283 g/mol. The fourth-order valence-corrected chi connectivity index (χ4v) is 4.29. The first-order valence-electron chi connectivity index (χ1n) is 6.92. The molecule has 0 N–H and O–H groups in total. The van der Waals surface area contributed by atoms with Gasteiger partial charge in [-0.2, -0.15) is 0 Å². The van der Waals surface area contributed by atoms with E-state index in [1.54, 1.807) is 0 Å². The molecule has 2 aliphatic carbocycles. The molecule has 1 aromatic rings. The molecule has 0 aliphatic heterocycles. The fraction of sp³-hybridized carbons (Fsp3) is 0.714.